The third-order valence-corrected chi connectivity index (χ3v) is 3.63. The molecule has 1 aromatic carbocycles. The van der Waals surface area contributed by atoms with E-state index in [2.05, 4.69) is 5.32 Å². The lowest BCUT2D eigenvalue weighted by atomic mass is 10.0. The lowest BCUT2D eigenvalue weighted by Gasteiger charge is -2.20. The number of nitrogens with one attached hydrogen (secondary N) is 1. The van der Waals surface area contributed by atoms with E-state index >= 15 is 0 Å². The van der Waals surface area contributed by atoms with Gasteiger partial charge in [-0.1, -0.05) is 12.1 Å². The molecule has 0 aliphatic carbocycles. The molecule has 0 bridgehead atoms. The van der Waals surface area contributed by atoms with Crippen molar-refractivity contribution in [2.45, 2.75) is 23.9 Å². The molecule has 0 radical (unpaired) electrons. The third-order valence-electron chi connectivity index (χ3n) is 2.50. The highest BCUT2D eigenvalue weighted by atomic mass is 32.2. The van der Waals surface area contributed by atoms with Crippen molar-refractivity contribution in [3.8, 4) is 0 Å². The second kappa shape index (κ2) is 4.95. The Labute approximate surface area is 96.8 Å². The summed E-state index contributed by atoms with van der Waals surface area (Å²) in [5, 5.41) is 3.10. The molecule has 3 N–H and O–H groups in total. The second-order valence-corrected chi connectivity index (χ2v) is 5.98. The summed E-state index contributed by atoms with van der Waals surface area (Å²) in [5.74, 6) is 0. The summed E-state index contributed by atoms with van der Waals surface area (Å²) in [5.41, 5.74) is 6.81. The maximum absolute atomic E-state index is 11.3. The Hall–Kier alpha value is -0.910. The molecule has 0 fully saturated rings. The minimum atomic E-state index is -3.12. The van der Waals surface area contributed by atoms with Crippen LogP contribution in [0.4, 0.5) is 0 Å². The monoisotopic (exact) mass is 242 g/mol. The van der Waals surface area contributed by atoms with Crippen LogP contribution in [-0.4, -0.2) is 27.8 Å². The second-order valence-electron chi connectivity index (χ2n) is 3.97. The number of hydrogen-bond acceptors (Lipinski definition) is 4. The summed E-state index contributed by atoms with van der Waals surface area (Å²) < 4.78 is 22.6. The average molecular weight is 242 g/mol. The molecule has 0 aliphatic rings. The van der Waals surface area contributed by atoms with Crippen LogP contribution in [0.1, 0.15) is 18.5 Å². The molecule has 0 heterocycles. The molecule has 0 saturated carbocycles. The Morgan fingerprint density at radius 3 is 2.06 bits per heavy atom. The van der Waals surface area contributed by atoms with Crippen molar-refractivity contribution in [2.24, 2.45) is 5.73 Å². The van der Waals surface area contributed by atoms with E-state index in [1.807, 2.05) is 14.0 Å². The molecular formula is C11H18N2O2S. The molecule has 1 rings (SSSR count). The van der Waals surface area contributed by atoms with Crippen molar-refractivity contribution in [3.05, 3.63) is 29.8 Å². The van der Waals surface area contributed by atoms with Crippen LogP contribution in [-0.2, 0) is 9.84 Å². The summed E-state index contributed by atoms with van der Waals surface area (Å²) >= 11 is 0. The van der Waals surface area contributed by atoms with E-state index in [0.717, 1.165) is 5.56 Å². The summed E-state index contributed by atoms with van der Waals surface area (Å²) in [7, 11) is -1.29. The van der Waals surface area contributed by atoms with Crippen LogP contribution >= 0.6 is 0 Å². The lowest BCUT2D eigenvalue weighted by Crippen LogP contribution is -2.33. The minimum Gasteiger partial charge on any atom is -0.326 e. The molecule has 2 unspecified atom stereocenters. The van der Waals surface area contributed by atoms with Gasteiger partial charge < -0.3 is 11.1 Å². The van der Waals surface area contributed by atoms with Crippen LogP contribution in [0.25, 0.3) is 0 Å². The van der Waals surface area contributed by atoms with Gasteiger partial charge >= 0.3 is 0 Å². The number of hydrogen-bond donors (Lipinski definition) is 2. The molecule has 16 heavy (non-hydrogen) atoms. The molecule has 1 aromatic rings. The van der Waals surface area contributed by atoms with Crippen LogP contribution < -0.4 is 11.1 Å². The summed E-state index contributed by atoms with van der Waals surface area (Å²) in [6.07, 6.45) is 1.20. The Morgan fingerprint density at radius 1 is 1.25 bits per heavy atom. The first-order valence-corrected chi connectivity index (χ1v) is 6.98. The smallest absolute Gasteiger partial charge is 0.175 e. The molecule has 90 valence electrons. The zero-order valence-electron chi connectivity index (χ0n) is 9.77. The van der Waals surface area contributed by atoms with Crippen molar-refractivity contribution in [1.29, 1.82) is 0 Å². The first kappa shape index (κ1) is 13.2. The highest BCUT2D eigenvalue weighted by Gasteiger charge is 2.14. The van der Waals surface area contributed by atoms with Gasteiger partial charge in [0.2, 0.25) is 0 Å². The topological polar surface area (TPSA) is 72.2 Å². The molecular weight excluding hydrogens is 224 g/mol. The molecule has 0 aliphatic heterocycles. The van der Waals surface area contributed by atoms with Crippen molar-refractivity contribution in [2.75, 3.05) is 13.3 Å². The highest BCUT2D eigenvalue weighted by molar-refractivity contribution is 7.90. The van der Waals surface area contributed by atoms with Gasteiger partial charge in [-0.3, -0.25) is 0 Å². The third kappa shape index (κ3) is 3.04. The summed E-state index contributed by atoms with van der Waals surface area (Å²) in [4.78, 5) is 0.329. The fourth-order valence-electron chi connectivity index (χ4n) is 1.66. The van der Waals surface area contributed by atoms with Gasteiger partial charge in [-0.2, -0.15) is 0 Å². The van der Waals surface area contributed by atoms with E-state index in [1.165, 1.54) is 6.26 Å². The quantitative estimate of drug-likeness (QED) is 0.815. The van der Waals surface area contributed by atoms with Crippen LogP contribution in [0.2, 0.25) is 0 Å². The first-order chi connectivity index (χ1) is 7.36. The number of likely N-dealkylation sites (N-methyl/N-ethyl adjacent to an activating group) is 1. The summed E-state index contributed by atoms with van der Waals surface area (Å²) in [6.45, 7) is 1.91. The molecule has 0 amide bonds. The maximum atomic E-state index is 11.3. The zero-order valence-corrected chi connectivity index (χ0v) is 10.6. The van der Waals surface area contributed by atoms with Gasteiger partial charge in [-0.25, -0.2) is 8.42 Å². The van der Waals surface area contributed by atoms with Gasteiger partial charge in [0.05, 0.1) is 4.90 Å². The average Bonchev–Trinajstić information content (AvgIpc) is 2.17. The van der Waals surface area contributed by atoms with E-state index in [-0.39, 0.29) is 12.1 Å². The number of rotatable bonds is 4. The fraction of sp³-hybridized carbons (Fsp3) is 0.455. The normalized spacial score (nSPS) is 15.8. The Bertz CT molecular complexity index is 438. The molecule has 5 heteroatoms. The zero-order chi connectivity index (χ0) is 12.3. The molecule has 0 aromatic heterocycles. The van der Waals surface area contributed by atoms with Crippen LogP contribution in [0, 0.1) is 0 Å². The first-order valence-electron chi connectivity index (χ1n) is 5.09. The Kier molecular flexibility index (Phi) is 4.07. The van der Waals surface area contributed by atoms with Crippen molar-refractivity contribution in [1.82, 2.24) is 5.32 Å². The van der Waals surface area contributed by atoms with Crippen LogP contribution in [0.5, 0.6) is 0 Å². The van der Waals surface area contributed by atoms with E-state index in [4.69, 9.17) is 5.73 Å². The molecule has 0 spiro atoms. The fourth-order valence-corrected chi connectivity index (χ4v) is 2.29. The lowest BCUT2D eigenvalue weighted by molar-refractivity contribution is 0.503. The standard InChI is InChI=1S/C11H18N2O2S/c1-8(12)11(13-2)9-4-6-10(7-5-9)16(3,14)15/h4-8,11,13H,12H2,1-3H3. The van der Waals surface area contributed by atoms with Crippen LogP contribution in [0.15, 0.2) is 29.2 Å². The van der Waals surface area contributed by atoms with Gasteiger partial charge in [0.25, 0.3) is 0 Å². The van der Waals surface area contributed by atoms with Gasteiger partial charge in [0.15, 0.2) is 9.84 Å². The van der Waals surface area contributed by atoms with E-state index in [9.17, 15) is 8.42 Å². The molecule has 4 nitrogen and oxygen atoms in total. The number of benzene rings is 1. The maximum Gasteiger partial charge on any atom is 0.175 e. The van der Waals surface area contributed by atoms with Crippen LogP contribution in [0.3, 0.4) is 0 Å². The predicted molar refractivity (Wildman–Crippen MR) is 65.0 cm³/mol. The van der Waals surface area contributed by atoms with Crippen molar-refractivity contribution < 1.29 is 8.42 Å². The number of sulfone groups is 1. The van der Waals surface area contributed by atoms with Crippen molar-refractivity contribution in [3.63, 3.8) is 0 Å². The Balaban J connectivity index is 3.03. The van der Waals surface area contributed by atoms with E-state index in [1.54, 1.807) is 24.3 Å². The molecule has 0 saturated heterocycles. The predicted octanol–water partition coefficient (Wildman–Crippen LogP) is 0.698. The van der Waals surface area contributed by atoms with E-state index in [0.29, 0.717) is 4.90 Å². The number of nitrogens with two attached hydrogens (primary N) is 1. The largest absolute Gasteiger partial charge is 0.326 e. The van der Waals surface area contributed by atoms with E-state index < -0.39 is 9.84 Å². The molecule has 2 atom stereocenters. The van der Waals surface area contributed by atoms with Gasteiger partial charge in [0.1, 0.15) is 0 Å². The highest BCUT2D eigenvalue weighted by Crippen LogP contribution is 2.18. The van der Waals surface area contributed by atoms with Crippen molar-refractivity contribution >= 4 is 9.84 Å². The van der Waals surface area contributed by atoms with Gasteiger partial charge in [-0.15, -0.1) is 0 Å². The Morgan fingerprint density at radius 2 is 1.75 bits per heavy atom. The van der Waals surface area contributed by atoms with Gasteiger partial charge in [-0.05, 0) is 31.7 Å². The van der Waals surface area contributed by atoms with Gasteiger partial charge in [0, 0.05) is 18.3 Å². The summed E-state index contributed by atoms with van der Waals surface area (Å²) in [6, 6.07) is 6.80. The minimum absolute atomic E-state index is 0.0333. The SMILES string of the molecule is CNC(c1ccc(S(C)(=O)=O)cc1)C(C)N.